The van der Waals surface area contributed by atoms with Crippen LogP contribution in [0.3, 0.4) is 0 Å². The molecule has 0 aliphatic carbocycles. The van der Waals surface area contributed by atoms with Crippen molar-refractivity contribution in [2.45, 2.75) is 0 Å². The zero-order valence-corrected chi connectivity index (χ0v) is 9.14. The number of carbonyl (C=O) groups excluding carboxylic acids is 1. The van der Waals surface area contributed by atoms with Crippen LogP contribution in [-0.2, 0) is 14.7 Å². The second-order valence-electron chi connectivity index (χ2n) is 2.69. The number of anilines is 1. The second kappa shape index (κ2) is 4.92. The normalized spacial score (nSPS) is 10.9. The minimum atomic E-state index is -4.76. The van der Waals surface area contributed by atoms with Gasteiger partial charge in [0.25, 0.3) is 0 Å². The highest BCUT2D eigenvalue weighted by Crippen LogP contribution is 2.14. The Morgan fingerprint density at radius 1 is 1.38 bits per heavy atom. The van der Waals surface area contributed by atoms with Gasteiger partial charge in [0.1, 0.15) is 0 Å². The molecule has 1 aromatic carbocycles. The fourth-order valence-corrected chi connectivity index (χ4v) is 1.30. The van der Waals surface area contributed by atoms with E-state index in [0.717, 1.165) is 0 Å². The van der Waals surface area contributed by atoms with Crippen molar-refractivity contribution in [3.8, 4) is 0 Å². The molecule has 0 aromatic heterocycles. The van der Waals surface area contributed by atoms with Crippen LogP contribution in [0.1, 0.15) is 0 Å². The van der Waals surface area contributed by atoms with Gasteiger partial charge in [-0.15, -0.1) is 4.28 Å². The Balaban J connectivity index is 3.02. The van der Waals surface area contributed by atoms with Crippen molar-refractivity contribution in [2.24, 2.45) is 0 Å². The van der Waals surface area contributed by atoms with Gasteiger partial charge in [-0.1, -0.05) is 18.2 Å². The highest BCUT2D eigenvalue weighted by molar-refractivity contribution is 7.81. The van der Waals surface area contributed by atoms with Crippen molar-refractivity contribution in [2.75, 3.05) is 12.1 Å². The van der Waals surface area contributed by atoms with Gasteiger partial charge in [0.2, 0.25) is 0 Å². The first kappa shape index (κ1) is 12.4. The molecule has 88 valence electrons. The van der Waals surface area contributed by atoms with E-state index in [4.69, 9.17) is 4.55 Å². The fraction of sp³-hybridized carbons (Fsp3) is 0.125. The average Bonchev–Trinajstić information content (AvgIpc) is 2.25. The number of nitrogens with zero attached hydrogens (tertiary/aromatic N) is 1. The molecule has 0 aliphatic rings. The lowest BCUT2D eigenvalue weighted by Crippen LogP contribution is -2.39. The van der Waals surface area contributed by atoms with E-state index in [0.29, 0.717) is 5.06 Å². The molecule has 1 aromatic rings. The van der Waals surface area contributed by atoms with Gasteiger partial charge in [0.05, 0.1) is 5.69 Å². The van der Waals surface area contributed by atoms with Gasteiger partial charge in [0.15, 0.2) is 0 Å². The van der Waals surface area contributed by atoms with Crippen LogP contribution in [-0.4, -0.2) is 26.0 Å². The van der Waals surface area contributed by atoms with Crippen LogP contribution in [0, 0.1) is 0 Å². The number of benzene rings is 1. The van der Waals surface area contributed by atoms with E-state index in [9.17, 15) is 13.2 Å². The van der Waals surface area contributed by atoms with Crippen molar-refractivity contribution < 1.29 is 22.0 Å². The van der Waals surface area contributed by atoms with Crippen LogP contribution in [0.5, 0.6) is 0 Å². The molecule has 7 nitrogen and oxygen atoms in total. The Morgan fingerprint density at radius 3 is 2.38 bits per heavy atom. The number of nitrogens with one attached hydrogen (secondary N) is 1. The number of rotatable bonds is 3. The van der Waals surface area contributed by atoms with Crippen LogP contribution in [0.25, 0.3) is 0 Å². The molecule has 0 unspecified atom stereocenters. The maximum Gasteiger partial charge on any atom is 0.419 e. The molecule has 0 atom stereocenters. The summed E-state index contributed by atoms with van der Waals surface area (Å²) in [5.41, 5.74) is 0.166. The zero-order chi connectivity index (χ0) is 12.2. The fourth-order valence-electron chi connectivity index (χ4n) is 0.953. The first-order chi connectivity index (χ1) is 7.44. The molecule has 8 heteroatoms. The number of carbonyl (C=O) groups is 1. The van der Waals surface area contributed by atoms with Crippen molar-refractivity contribution in [1.82, 2.24) is 5.32 Å². The molecule has 2 amide bonds. The van der Waals surface area contributed by atoms with Gasteiger partial charge in [-0.25, -0.2) is 4.79 Å². The van der Waals surface area contributed by atoms with Crippen LogP contribution in [0.15, 0.2) is 30.3 Å². The highest BCUT2D eigenvalue weighted by atomic mass is 32.3. The lowest BCUT2D eigenvalue weighted by Gasteiger charge is -2.18. The van der Waals surface area contributed by atoms with Gasteiger partial charge < -0.3 is 5.32 Å². The quantitative estimate of drug-likeness (QED) is 0.600. The van der Waals surface area contributed by atoms with Crippen molar-refractivity contribution in [3.05, 3.63) is 30.3 Å². The molecular weight excluding hydrogens is 236 g/mol. The summed E-state index contributed by atoms with van der Waals surface area (Å²) >= 11 is 0. The summed E-state index contributed by atoms with van der Waals surface area (Å²) in [5, 5.41) is 2.60. The molecule has 0 radical (unpaired) electrons. The number of hydrogen-bond donors (Lipinski definition) is 2. The Kier molecular flexibility index (Phi) is 3.82. The van der Waals surface area contributed by atoms with E-state index < -0.39 is 16.4 Å². The molecule has 0 saturated heterocycles. The Bertz CT molecular complexity index is 459. The van der Waals surface area contributed by atoms with Crippen molar-refractivity contribution >= 4 is 22.1 Å². The third-order valence-corrected chi connectivity index (χ3v) is 1.90. The monoisotopic (exact) mass is 246 g/mol. The summed E-state index contributed by atoms with van der Waals surface area (Å²) in [6.45, 7) is 0. The van der Waals surface area contributed by atoms with Gasteiger partial charge in [0, 0.05) is 7.05 Å². The summed E-state index contributed by atoms with van der Waals surface area (Å²) in [4.78, 5) is 11.3. The van der Waals surface area contributed by atoms with Gasteiger partial charge >= 0.3 is 16.4 Å². The largest absolute Gasteiger partial charge is 0.419 e. The number of hydroxylamine groups is 1. The van der Waals surface area contributed by atoms with Crippen LogP contribution in [0.4, 0.5) is 10.5 Å². The highest BCUT2D eigenvalue weighted by Gasteiger charge is 2.21. The molecule has 0 heterocycles. The van der Waals surface area contributed by atoms with Gasteiger partial charge in [-0.3, -0.25) is 4.55 Å². The van der Waals surface area contributed by atoms with Crippen LogP contribution < -0.4 is 10.4 Å². The van der Waals surface area contributed by atoms with Crippen LogP contribution >= 0.6 is 0 Å². The SMILES string of the molecule is CNC(=O)N(OS(=O)(=O)O)c1ccccc1. The summed E-state index contributed by atoms with van der Waals surface area (Å²) in [6, 6.07) is 6.90. The van der Waals surface area contributed by atoms with Crippen molar-refractivity contribution in [3.63, 3.8) is 0 Å². The Hall–Kier alpha value is -1.64. The first-order valence-corrected chi connectivity index (χ1v) is 5.54. The van der Waals surface area contributed by atoms with E-state index in [2.05, 4.69) is 9.60 Å². The maximum absolute atomic E-state index is 11.3. The summed E-state index contributed by atoms with van der Waals surface area (Å²) in [5.74, 6) is 0. The lowest BCUT2D eigenvalue weighted by atomic mass is 10.3. The maximum atomic E-state index is 11.3. The molecule has 0 bridgehead atoms. The predicted molar refractivity (Wildman–Crippen MR) is 56.0 cm³/mol. The third kappa shape index (κ3) is 3.50. The number of urea groups is 1. The zero-order valence-electron chi connectivity index (χ0n) is 8.32. The smallest absolute Gasteiger partial charge is 0.339 e. The Labute approximate surface area is 92.5 Å². The lowest BCUT2D eigenvalue weighted by molar-refractivity contribution is 0.206. The molecule has 2 N–H and O–H groups in total. The summed E-state index contributed by atoms with van der Waals surface area (Å²) < 4.78 is 33.7. The molecule has 16 heavy (non-hydrogen) atoms. The third-order valence-electron chi connectivity index (χ3n) is 1.56. The van der Waals surface area contributed by atoms with E-state index in [1.165, 1.54) is 19.2 Å². The predicted octanol–water partition coefficient (Wildman–Crippen LogP) is 0.567. The molecule has 1 rings (SSSR count). The summed E-state index contributed by atoms with van der Waals surface area (Å²) in [7, 11) is -3.46. The summed E-state index contributed by atoms with van der Waals surface area (Å²) in [6.07, 6.45) is 0. The minimum Gasteiger partial charge on any atom is -0.339 e. The molecule has 0 fully saturated rings. The molecular formula is C8H10N2O5S. The number of para-hydroxylation sites is 1. The molecule has 0 aliphatic heterocycles. The standard InChI is InChI=1S/C8H10N2O5S/c1-9-8(11)10(15-16(12,13)14)7-5-3-2-4-6-7/h2-6H,1H3,(H,9,11)(H,12,13,14). The minimum absolute atomic E-state index is 0.166. The van der Waals surface area contributed by atoms with Crippen LogP contribution in [0.2, 0.25) is 0 Å². The molecule has 0 spiro atoms. The molecule has 0 saturated carbocycles. The van der Waals surface area contributed by atoms with Gasteiger partial charge in [-0.2, -0.15) is 13.5 Å². The van der Waals surface area contributed by atoms with E-state index in [-0.39, 0.29) is 5.69 Å². The topological polar surface area (TPSA) is 95.9 Å². The number of hydrogen-bond acceptors (Lipinski definition) is 4. The first-order valence-electron chi connectivity index (χ1n) is 4.18. The van der Waals surface area contributed by atoms with E-state index >= 15 is 0 Å². The second-order valence-corrected chi connectivity index (χ2v) is 3.69. The van der Waals surface area contributed by atoms with Crippen molar-refractivity contribution in [1.29, 1.82) is 0 Å². The van der Waals surface area contributed by atoms with Gasteiger partial charge in [-0.05, 0) is 12.1 Å². The Morgan fingerprint density at radius 2 is 1.94 bits per heavy atom. The van der Waals surface area contributed by atoms with E-state index in [1.807, 2.05) is 0 Å². The average molecular weight is 246 g/mol. The number of amides is 2. The van der Waals surface area contributed by atoms with E-state index in [1.54, 1.807) is 18.2 Å².